The molecule has 1 aliphatic heterocycles. The number of hydrogen-bond acceptors (Lipinski definition) is 9. The third-order valence-corrected chi connectivity index (χ3v) is 6.02. The number of fused-ring (bicyclic) bond motifs is 3. The van der Waals surface area contributed by atoms with Crippen LogP contribution in [0.25, 0.3) is 11.4 Å². The van der Waals surface area contributed by atoms with Crippen molar-refractivity contribution in [3.8, 4) is 17.1 Å². The zero-order valence-corrected chi connectivity index (χ0v) is 18.0. The Morgan fingerprint density at radius 3 is 2.70 bits per heavy atom. The maximum atomic E-state index is 11.4. The molecule has 1 aromatic carbocycles. The van der Waals surface area contributed by atoms with Gasteiger partial charge in [0.2, 0.25) is 11.7 Å². The van der Waals surface area contributed by atoms with Crippen LogP contribution in [0.15, 0.2) is 28.9 Å². The summed E-state index contributed by atoms with van der Waals surface area (Å²) in [5, 5.41) is 16.5. The topological polar surface area (TPSA) is 117 Å². The summed E-state index contributed by atoms with van der Waals surface area (Å²) in [6.45, 7) is 4.00. The predicted octanol–water partition coefficient (Wildman–Crippen LogP) is 1.78. The van der Waals surface area contributed by atoms with E-state index in [9.17, 15) is 9.90 Å². The van der Waals surface area contributed by atoms with Gasteiger partial charge in [-0.05, 0) is 37.6 Å². The number of ether oxygens (including phenoxy) is 1. The van der Waals surface area contributed by atoms with Crippen LogP contribution in [0.4, 0.5) is 17.3 Å². The van der Waals surface area contributed by atoms with Crippen LogP contribution in [0.5, 0.6) is 5.75 Å². The van der Waals surface area contributed by atoms with Crippen molar-refractivity contribution < 1.29 is 19.2 Å². The van der Waals surface area contributed by atoms with E-state index in [0.29, 0.717) is 41.5 Å². The first kappa shape index (κ1) is 24.1. The average Bonchev–Trinajstić information content (AvgIpc) is 3.25. The summed E-state index contributed by atoms with van der Waals surface area (Å²) in [7, 11) is 3.77. The molecule has 2 aromatic heterocycles. The Balaban J connectivity index is 0.00000259. The zero-order chi connectivity index (χ0) is 22.2. The van der Waals surface area contributed by atoms with Crippen LogP contribution in [0.2, 0.25) is 0 Å². The van der Waals surface area contributed by atoms with Gasteiger partial charge in [0.25, 0.3) is 0 Å². The van der Waals surface area contributed by atoms with Crippen LogP contribution in [-0.4, -0.2) is 123 Å². The van der Waals surface area contributed by atoms with Gasteiger partial charge in [-0.25, -0.2) is 14.8 Å². The van der Waals surface area contributed by atoms with Crippen molar-refractivity contribution in [1.82, 2.24) is 20.0 Å². The number of nitrogens with one attached hydrogen (secondary N) is 1. The minimum absolute atomic E-state index is 0. The molecule has 10 nitrogen and oxygen atoms in total. The number of aromatic nitrogens is 3. The monoisotopic (exact) mass is 476 g/mol. The van der Waals surface area contributed by atoms with Crippen molar-refractivity contribution in [2.75, 3.05) is 50.6 Å². The Kier molecular flexibility index (Phi) is 7.36. The zero-order valence-electron chi connectivity index (χ0n) is 18.0. The van der Waals surface area contributed by atoms with E-state index in [0.717, 1.165) is 43.1 Å². The molecule has 1 saturated heterocycles. The second kappa shape index (κ2) is 10.1. The van der Waals surface area contributed by atoms with E-state index in [-0.39, 0.29) is 57.1 Å². The number of benzene rings is 1. The third-order valence-electron chi connectivity index (χ3n) is 6.02. The molecule has 0 radical (unpaired) electrons. The minimum atomic E-state index is -1.13. The molecular weight excluding hydrogens is 451 g/mol. The van der Waals surface area contributed by atoms with Crippen LogP contribution >= 0.6 is 0 Å². The Morgan fingerprint density at radius 1 is 1.18 bits per heavy atom. The molecule has 2 N–H and O–H groups in total. The van der Waals surface area contributed by atoms with Gasteiger partial charge in [-0.2, -0.15) is 0 Å². The van der Waals surface area contributed by atoms with Gasteiger partial charge in [-0.15, -0.1) is 0 Å². The first-order valence-corrected chi connectivity index (χ1v) is 10.5. The number of anilines is 3. The van der Waals surface area contributed by atoms with Crippen molar-refractivity contribution in [2.24, 2.45) is 0 Å². The van der Waals surface area contributed by atoms with Gasteiger partial charge < -0.3 is 29.5 Å². The number of aryl methyl sites for hydroxylation is 1. The van der Waals surface area contributed by atoms with Crippen molar-refractivity contribution in [3.63, 3.8) is 0 Å². The number of aromatic carboxylic acids is 1. The molecule has 3 aromatic rings. The maximum absolute atomic E-state index is 11.4. The number of carboxylic acids is 1. The number of nitrogens with zero attached hydrogens (tertiary/aromatic N) is 5. The molecule has 5 rings (SSSR count). The normalized spacial score (nSPS) is 15.3. The van der Waals surface area contributed by atoms with Crippen LogP contribution in [-0.2, 0) is 12.8 Å². The van der Waals surface area contributed by atoms with E-state index >= 15 is 0 Å². The number of rotatable bonds is 5. The molecule has 11 heteroatoms. The van der Waals surface area contributed by atoms with Gasteiger partial charge >= 0.3 is 57.4 Å². The SMILES string of the molecule is COc1cc(N2CCN(C)CC2)ccc1Nc1ncc2c(n1)-c1noc(C(=O)O)c1CC2.[KH]. The standard InChI is InChI=1S/C22H24N6O4.K.H/c1-27-7-9-28(10-8-27)14-4-6-16(17(11-14)31-2)24-22-23-12-13-3-5-15-19(18(13)25-22)26-32-20(15)21(29)30;;/h4,6,11-12H,3,5,7-10H2,1-2H3,(H,29,30)(H,23,24,25);;. The van der Waals surface area contributed by atoms with Gasteiger partial charge in [0, 0.05) is 49.7 Å². The van der Waals surface area contributed by atoms with Crippen LogP contribution in [0.3, 0.4) is 0 Å². The Bertz CT molecular complexity index is 1180. The van der Waals surface area contributed by atoms with E-state index in [1.54, 1.807) is 13.3 Å². The summed E-state index contributed by atoms with van der Waals surface area (Å²) in [6.07, 6.45) is 2.91. The van der Waals surface area contributed by atoms with E-state index in [4.69, 9.17) is 9.26 Å². The van der Waals surface area contributed by atoms with Crippen molar-refractivity contribution >= 4 is 74.7 Å². The van der Waals surface area contributed by atoms with Gasteiger partial charge in [-0.3, -0.25) is 0 Å². The van der Waals surface area contributed by atoms with Crippen LogP contribution in [0, 0.1) is 0 Å². The quantitative estimate of drug-likeness (QED) is 0.528. The van der Waals surface area contributed by atoms with Crippen molar-refractivity contribution in [1.29, 1.82) is 0 Å². The number of likely N-dealkylation sites (N-methyl/N-ethyl adjacent to an activating group) is 1. The molecule has 2 aliphatic rings. The molecule has 0 atom stereocenters. The number of methoxy groups -OCH3 is 1. The van der Waals surface area contributed by atoms with Crippen LogP contribution in [0.1, 0.15) is 21.7 Å². The van der Waals surface area contributed by atoms with Crippen molar-refractivity contribution in [2.45, 2.75) is 12.8 Å². The number of hydrogen-bond donors (Lipinski definition) is 2. The fourth-order valence-electron chi connectivity index (χ4n) is 4.17. The predicted molar refractivity (Wildman–Crippen MR) is 125 cm³/mol. The summed E-state index contributed by atoms with van der Waals surface area (Å²) in [4.78, 5) is 25.1. The van der Waals surface area contributed by atoms with E-state index < -0.39 is 5.97 Å². The molecule has 168 valence electrons. The number of carbonyl (C=O) groups is 1. The summed E-state index contributed by atoms with van der Waals surface area (Å²) in [5.74, 6) is -0.181. The first-order chi connectivity index (χ1) is 15.5. The van der Waals surface area contributed by atoms with Gasteiger partial charge in [0.15, 0.2) is 0 Å². The molecule has 1 aliphatic carbocycles. The second-order valence-corrected chi connectivity index (χ2v) is 8.01. The molecule has 3 heterocycles. The Morgan fingerprint density at radius 2 is 1.97 bits per heavy atom. The molecule has 0 saturated carbocycles. The molecular formula is C22H25KN6O4. The second-order valence-electron chi connectivity index (χ2n) is 8.01. The van der Waals surface area contributed by atoms with Gasteiger partial charge in [-0.1, -0.05) is 5.16 Å². The molecule has 0 bridgehead atoms. The number of piperazine rings is 1. The Labute approximate surface area is 233 Å². The summed E-state index contributed by atoms with van der Waals surface area (Å²) in [5.41, 5.74) is 4.39. The van der Waals surface area contributed by atoms with Gasteiger partial charge in [0.05, 0.1) is 12.8 Å². The number of carboxylic acid groups (broad SMARTS) is 1. The molecule has 0 amide bonds. The van der Waals surface area contributed by atoms with E-state index in [2.05, 4.69) is 43.4 Å². The van der Waals surface area contributed by atoms with E-state index in [1.165, 1.54) is 0 Å². The molecule has 0 spiro atoms. The molecule has 1 fully saturated rings. The summed E-state index contributed by atoms with van der Waals surface area (Å²) in [6, 6.07) is 6.03. The summed E-state index contributed by atoms with van der Waals surface area (Å²) >= 11 is 0. The molecule has 33 heavy (non-hydrogen) atoms. The fraction of sp³-hybridized carbons (Fsp3) is 0.364. The van der Waals surface area contributed by atoms with Crippen LogP contribution < -0.4 is 15.0 Å². The van der Waals surface area contributed by atoms with E-state index in [1.807, 2.05) is 12.1 Å². The average molecular weight is 477 g/mol. The van der Waals surface area contributed by atoms with Gasteiger partial charge in [0.1, 0.15) is 17.1 Å². The Hall–Kier alpha value is -2.02. The van der Waals surface area contributed by atoms with Crippen molar-refractivity contribution in [3.05, 3.63) is 41.3 Å². The molecule has 0 unspecified atom stereocenters. The first-order valence-electron chi connectivity index (χ1n) is 10.5. The summed E-state index contributed by atoms with van der Waals surface area (Å²) < 4.78 is 10.7. The third kappa shape index (κ3) is 4.79. The fourth-order valence-corrected chi connectivity index (χ4v) is 4.17.